The molecule has 0 radical (unpaired) electrons. The number of aromatic nitrogens is 3. The number of hydrogen-bond donors (Lipinski definition) is 1. The minimum atomic E-state index is -3.78. The van der Waals surface area contributed by atoms with Crippen LogP contribution in [0.15, 0.2) is 61.1 Å². The third-order valence-electron chi connectivity index (χ3n) is 4.37. The lowest BCUT2D eigenvalue weighted by molar-refractivity contribution is 0.385. The third kappa shape index (κ3) is 3.98. The summed E-state index contributed by atoms with van der Waals surface area (Å²) < 4.78 is 39.3. The Morgan fingerprint density at radius 1 is 1.14 bits per heavy atom. The highest BCUT2D eigenvalue weighted by molar-refractivity contribution is 7.89. The molecule has 0 aliphatic heterocycles. The van der Waals surface area contributed by atoms with E-state index in [9.17, 15) is 13.2 Å². The first-order chi connectivity index (χ1) is 13.8. The van der Waals surface area contributed by atoms with Gasteiger partial charge in [0, 0.05) is 19.5 Å². The Labute approximate surface area is 166 Å². The highest BCUT2D eigenvalue weighted by Crippen LogP contribution is 2.19. The third-order valence-corrected chi connectivity index (χ3v) is 5.77. The summed E-state index contributed by atoms with van der Waals surface area (Å²) in [4.78, 5) is 16.3. The minimum Gasteiger partial charge on any atom is -0.408 e. The molecule has 0 saturated carbocycles. The highest BCUT2D eigenvalue weighted by Gasteiger charge is 2.18. The van der Waals surface area contributed by atoms with E-state index in [2.05, 4.69) is 14.9 Å². The van der Waals surface area contributed by atoms with Gasteiger partial charge in [0.05, 0.1) is 17.0 Å². The smallest absolute Gasteiger partial charge is 0.408 e. The number of benzene rings is 2. The number of oxazole rings is 1. The van der Waals surface area contributed by atoms with Gasteiger partial charge in [0.1, 0.15) is 0 Å². The van der Waals surface area contributed by atoms with Crippen molar-refractivity contribution in [2.75, 3.05) is 0 Å². The summed E-state index contributed by atoms with van der Waals surface area (Å²) >= 11 is 0. The van der Waals surface area contributed by atoms with Gasteiger partial charge < -0.3 is 8.94 Å². The van der Waals surface area contributed by atoms with E-state index >= 15 is 0 Å². The molecule has 0 unspecified atom stereocenters. The van der Waals surface area contributed by atoms with E-state index in [1.807, 2.05) is 31.2 Å². The molecule has 1 N–H and O–H groups in total. The number of hydrogen-bond acceptors (Lipinski definition) is 7. The molecule has 0 spiro atoms. The first-order valence-corrected chi connectivity index (χ1v) is 10.3. The molecule has 0 aliphatic rings. The van der Waals surface area contributed by atoms with Gasteiger partial charge in [-0.25, -0.2) is 17.9 Å². The fourth-order valence-electron chi connectivity index (χ4n) is 2.99. The molecule has 2 aromatic carbocycles. The fourth-order valence-corrected chi connectivity index (χ4v) is 4.03. The summed E-state index contributed by atoms with van der Waals surface area (Å²) in [5, 5.41) is 3.76. The van der Waals surface area contributed by atoms with Crippen molar-refractivity contribution in [1.82, 2.24) is 19.4 Å². The molecule has 0 aliphatic carbocycles. The van der Waals surface area contributed by atoms with Crippen molar-refractivity contribution in [3.63, 3.8) is 0 Å². The van der Waals surface area contributed by atoms with Gasteiger partial charge in [-0.15, -0.1) is 0 Å². The van der Waals surface area contributed by atoms with Gasteiger partial charge in [0.15, 0.2) is 11.4 Å². The lowest BCUT2D eigenvalue weighted by Crippen LogP contribution is -2.23. The molecule has 150 valence electrons. The average molecular weight is 414 g/mol. The van der Waals surface area contributed by atoms with E-state index in [0.717, 1.165) is 11.1 Å². The first-order valence-electron chi connectivity index (χ1n) is 8.79. The number of sulfonamides is 1. The molecule has 2 heterocycles. The van der Waals surface area contributed by atoms with Crippen LogP contribution in [0.3, 0.4) is 0 Å². The zero-order valence-corrected chi connectivity index (χ0v) is 16.6. The summed E-state index contributed by atoms with van der Waals surface area (Å²) in [6.07, 6.45) is 0. The Morgan fingerprint density at radius 3 is 2.69 bits per heavy atom. The van der Waals surface area contributed by atoms with Crippen LogP contribution in [-0.2, 0) is 23.1 Å². The van der Waals surface area contributed by atoms with Crippen molar-refractivity contribution < 1.29 is 17.4 Å². The van der Waals surface area contributed by atoms with Crippen LogP contribution in [0.25, 0.3) is 11.1 Å². The summed E-state index contributed by atoms with van der Waals surface area (Å²) in [7, 11) is -3.78. The molecule has 10 heteroatoms. The average Bonchev–Trinajstić information content (AvgIpc) is 3.23. The number of nitrogens with zero attached hydrogens (tertiary/aromatic N) is 3. The maximum atomic E-state index is 12.6. The Bertz CT molecular complexity index is 1350. The van der Waals surface area contributed by atoms with Gasteiger partial charge in [-0.3, -0.25) is 4.57 Å². The van der Waals surface area contributed by atoms with E-state index in [1.165, 1.54) is 22.8 Å². The lowest BCUT2D eigenvalue weighted by Gasteiger charge is -2.07. The van der Waals surface area contributed by atoms with E-state index < -0.39 is 15.8 Å². The van der Waals surface area contributed by atoms with Crippen molar-refractivity contribution in [3.8, 4) is 0 Å². The van der Waals surface area contributed by atoms with Crippen molar-refractivity contribution >= 4 is 21.1 Å². The fraction of sp³-hybridized carbons (Fsp3) is 0.211. The molecule has 4 aromatic rings. The van der Waals surface area contributed by atoms with Gasteiger partial charge in [0.2, 0.25) is 15.9 Å². The first kappa shape index (κ1) is 19.1. The largest absolute Gasteiger partial charge is 0.420 e. The summed E-state index contributed by atoms with van der Waals surface area (Å²) in [5.41, 5.74) is 2.49. The normalized spacial score (nSPS) is 11.9. The van der Waals surface area contributed by atoms with Gasteiger partial charge in [-0.2, -0.15) is 4.98 Å². The number of nitrogens with one attached hydrogen (secondary N) is 1. The lowest BCUT2D eigenvalue weighted by atomic mass is 10.1. The zero-order valence-electron chi connectivity index (χ0n) is 15.7. The zero-order chi connectivity index (χ0) is 20.6. The van der Waals surface area contributed by atoms with Crippen molar-refractivity contribution in [3.05, 3.63) is 75.9 Å². The monoisotopic (exact) mass is 414 g/mol. The van der Waals surface area contributed by atoms with Crippen LogP contribution in [0, 0.1) is 13.8 Å². The number of rotatable bonds is 6. The molecule has 29 heavy (non-hydrogen) atoms. The maximum Gasteiger partial charge on any atom is 0.420 e. The van der Waals surface area contributed by atoms with Gasteiger partial charge in [-0.05, 0) is 24.6 Å². The van der Waals surface area contributed by atoms with Gasteiger partial charge in [-0.1, -0.05) is 35.0 Å². The molecule has 0 bridgehead atoms. The minimum absolute atomic E-state index is 0.00830. The van der Waals surface area contributed by atoms with Crippen molar-refractivity contribution in [2.45, 2.75) is 31.8 Å². The summed E-state index contributed by atoms with van der Waals surface area (Å²) in [5.74, 6) is 0.0717. The van der Waals surface area contributed by atoms with Gasteiger partial charge >= 0.3 is 5.76 Å². The van der Waals surface area contributed by atoms with Crippen molar-refractivity contribution in [2.24, 2.45) is 0 Å². The van der Waals surface area contributed by atoms with E-state index in [4.69, 9.17) is 8.94 Å². The van der Waals surface area contributed by atoms with Crippen molar-refractivity contribution in [1.29, 1.82) is 0 Å². The Balaban J connectivity index is 1.60. The second-order valence-electron chi connectivity index (χ2n) is 6.63. The van der Waals surface area contributed by atoms with E-state index in [-0.39, 0.29) is 23.6 Å². The molecule has 4 rings (SSSR count). The molecule has 2 aromatic heterocycles. The van der Waals surface area contributed by atoms with E-state index in [1.54, 1.807) is 6.92 Å². The van der Waals surface area contributed by atoms with Crippen LogP contribution in [-0.4, -0.2) is 23.1 Å². The Hall–Kier alpha value is -3.24. The second-order valence-corrected chi connectivity index (χ2v) is 8.39. The second kappa shape index (κ2) is 7.30. The van der Waals surface area contributed by atoms with Crippen LogP contribution in [0.2, 0.25) is 0 Å². The SMILES string of the molecule is Cc1cccc(CNS(=O)(=O)c2ccc3c(c2)oc(=O)n3Cc2noc(C)n2)c1. The van der Waals surface area contributed by atoms with Crippen LogP contribution in [0.4, 0.5) is 0 Å². The molecular formula is C19H18N4O5S. The predicted octanol–water partition coefficient (Wildman–Crippen LogP) is 2.12. The van der Waals surface area contributed by atoms with E-state index in [0.29, 0.717) is 17.2 Å². The molecule has 9 nitrogen and oxygen atoms in total. The maximum absolute atomic E-state index is 12.6. The van der Waals surface area contributed by atoms with Gasteiger partial charge in [0.25, 0.3) is 0 Å². The quantitative estimate of drug-likeness (QED) is 0.513. The predicted molar refractivity (Wildman–Crippen MR) is 104 cm³/mol. The Kier molecular flexibility index (Phi) is 4.81. The van der Waals surface area contributed by atoms with Crippen LogP contribution < -0.4 is 10.5 Å². The molecular weight excluding hydrogens is 396 g/mol. The molecule has 0 saturated heterocycles. The molecule has 0 fully saturated rings. The molecule has 0 atom stereocenters. The highest BCUT2D eigenvalue weighted by atomic mass is 32.2. The summed E-state index contributed by atoms with van der Waals surface area (Å²) in [6, 6.07) is 11.8. The number of fused-ring (bicyclic) bond motifs is 1. The number of aryl methyl sites for hydroxylation is 2. The van der Waals surface area contributed by atoms with Crippen LogP contribution in [0.1, 0.15) is 22.8 Å². The van der Waals surface area contributed by atoms with Crippen LogP contribution >= 0.6 is 0 Å². The van der Waals surface area contributed by atoms with Crippen LogP contribution in [0.5, 0.6) is 0 Å². The topological polar surface area (TPSA) is 120 Å². The molecule has 0 amide bonds. The summed E-state index contributed by atoms with van der Waals surface area (Å²) in [6.45, 7) is 3.80. The standard InChI is InChI=1S/C19H18N4O5S/c1-12-4-3-5-14(8-12)10-20-29(25,26)15-6-7-16-17(9-15)27-19(24)23(16)11-18-21-13(2)28-22-18/h3-9,20H,10-11H2,1-2H3. The Morgan fingerprint density at radius 2 is 1.97 bits per heavy atom.